The van der Waals surface area contributed by atoms with Gasteiger partial charge in [-0.1, -0.05) is 0 Å². The van der Waals surface area contributed by atoms with E-state index in [1.807, 2.05) is 29.9 Å². The van der Waals surface area contributed by atoms with Crippen molar-refractivity contribution in [3.8, 4) is 0 Å². The number of rotatable bonds is 3. The van der Waals surface area contributed by atoms with Crippen LogP contribution in [0.2, 0.25) is 0 Å². The summed E-state index contributed by atoms with van der Waals surface area (Å²) in [6.07, 6.45) is 5.39. The van der Waals surface area contributed by atoms with Crippen molar-refractivity contribution in [3.05, 3.63) is 47.5 Å². The molecule has 0 aliphatic carbocycles. The first kappa shape index (κ1) is 10.8. The lowest BCUT2D eigenvalue weighted by Crippen LogP contribution is -2.18. The summed E-state index contributed by atoms with van der Waals surface area (Å²) in [5, 5.41) is 4.23. The lowest BCUT2D eigenvalue weighted by Gasteiger charge is -2.15. The number of aromatic nitrogens is 3. The van der Waals surface area contributed by atoms with Gasteiger partial charge in [-0.15, -0.1) is 0 Å². The second kappa shape index (κ2) is 4.45. The standard InChI is InChI=1S/C12H16N4/c1-3-16-11(5-7-15-16)12(13)10-4-6-14-8-9(10)2/h4-8,12H,3,13H2,1-2H3. The van der Waals surface area contributed by atoms with Crippen LogP contribution < -0.4 is 5.73 Å². The number of hydrogen-bond donors (Lipinski definition) is 1. The van der Waals surface area contributed by atoms with Gasteiger partial charge < -0.3 is 5.73 Å². The number of hydrogen-bond acceptors (Lipinski definition) is 3. The molecule has 2 rings (SSSR count). The summed E-state index contributed by atoms with van der Waals surface area (Å²) < 4.78 is 1.92. The second-order valence-corrected chi connectivity index (χ2v) is 3.78. The van der Waals surface area contributed by atoms with Crippen LogP contribution in [0.1, 0.15) is 29.8 Å². The summed E-state index contributed by atoms with van der Waals surface area (Å²) in [6, 6.07) is 3.80. The smallest absolute Gasteiger partial charge is 0.0726 e. The molecular weight excluding hydrogens is 200 g/mol. The predicted molar refractivity (Wildman–Crippen MR) is 62.9 cm³/mol. The Balaban J connectivity index is 2.39. The highest BCUT2D eigenvalue weighted by atomic mass is 15.3. The van der Waals surface area contributed by atoms with Gasteiger partial charge in [0.2, 0.25) is 0 Å². The summed E-state index contributed by atoms with van der Waals surface area (Å²) in [4.78, 5) is 4.07. The molecule has 0 saturated carbocycles. The molecule has 0 aliphatic heterocycles. The highest BCUT2D eigenvalue weighted by Crippen LogP contribution is 2.21. The predicted octanol–water partition coefficient (Wildman–Crippen LogP) is 1.65. The Morgan fingerprint density at radius 2 is 2.19 bits per heavy atom. The lowest BCUT2D eigenvalue weighted by molar-refractivity contribution is 0.600. The van der Waals surface area contributed by atoms with Gasteiger partial charge in [0.15, 0.2) is 0 Å². The van der Waals surface area contributed by atoms with Crippen molar-refractivity contribution >= 4 is 0 Å². The van der Waals surface area contributed by atoms with Crippen LogP contribution in [0.4, 0.5) is 0 Å². The molecule has 2 aromatic rings. The summed E-state index contributed by atoms with van der Waals surface area (Å²) in [5.74, 6) is 0. The fourth-order valence-electron chi connectivity index (χ4n) is 1.86. The van der Waals surface area contributed by atoms with E-state index in [0.29, 0.717) is 0 Å². The Bertz CT molecular complexity index is 475. The van der Waals surface area contributed by atoms with Gasteiger partial charge in [-0.05, 0) is 37.1 Å². The first-order valence-corrected chi connectivity index (χ1v) is 5.41. The van der Waals surface area contributed by atoms with E-state index in [2.05, 4.69) is 17.0 Å². The molecule has 2 N–H and O–H groups in total. The van der Waals surface area contributed by atoms with Gasteiger partial charge in [0.05, 0.1) is 11.7 Å². The molecule has 0 bridgehead atoms. The van der Waals surface area contributed by atoms with Crippen LogP contribution in [0.5, 0.6) is 0 Å². The lowest BCUT2D eigenvalue weighted by atomic mass is 10.0. The number of aryl methyl sites for hydroxylation is 2. The quantitative estimate of drug-likeness (QED) is 0.848. The number of nitrogens with zero attached hydrogens (tertiary/aromatic N) is 3. The molecule has 0 radical (unpaired) electrons. The van der Waals surface area contributed by atoms with Gasteiger partial charge in [0.25, 0.3) is 0 Å². The van der Waals surface area contributed by atoms with Crippen molar-refractivity contribution in [3.63, 3.8) is 0 Å². The summed E-state index contributed by atoms with van der Waals surface area (Å²) >= 11 is 0. The fraction of sp³-hybridized carbons (Fsp3) is 0.333. The molecule has 2 aromatic heterocycles. The van der Waals surface area contributed by atoms with E-state index in [-0.39, 0.29) is 6.04 Å². The third-order valence-electron chi connectivity index (χ3n) is 2.77. The van der Waals surface area contributed by atoms with Crippen LogP contribution in [-0.2, 0) is 6.54 Å². The summed E-state index contributed by atoms with van der Waals surface area (Å²) in [6.45, 7) is 4.91. The molecule has 0 amide bonds. The maximum Gasteiger partial charge on any atom is 0.0726 e. The van der Waals surface area contributed by atoms with Crippen molar-refractivity contribution < 1.29 is 0 Å². The maximum absolute atomic E-state index is 6.25. The molecule has 0 fully saturated rings. The Labute approximate surface area is 95.1 Å². The van der Waals surface area contributed by atoms with Crippen molar-refractivity contribution in [2.75, 3.05) is 0 Å². The summed E-state index contributed by atoms with van der Waals surface area (Å²) in [7, 11) is 0. The van der Waals surface area contributed by atoms with E-state index in [9.17, 15) is 0 Å². The minimum Gasteiger partial charge on any atom is -0.319 e. The first-order chi connectivity index (χ1) is 7.74. The van der Waals surface area contributed by atoms with Gasteiger partial charge in [0, 0.05) is 25.1 Å². The topological polar surface area (TPSA) is 56.7 Å². The third-order valence-corrected chi connectivity index (χ3v) is 2.77. The van der Waals surface area contributed by atoms with Crippen LogP contribution in [0.25, 0.3) is 0 Å². The molecule has 4 heteroatoms. The molecule has 2 heterocycles. The van der Waals surface area contributed by atoms with E-state index in [1.165, 1.54) is 0 Å². The molecule has 84 valence electrons. The maximum atomic E-state index is 6.25. The minimum absolute atomic E-state index is 0.134. The van der Waals surface area contributed by atoms with Crippen molar-refractivity contribution in [1.82, 2.24) is 14.8 Å². The number of pyridine rings is 1. The van der Waals surface area contributed by atoms with Crippen LogP contribution in [0.15, 0.2) is 30.7 Å². The van der Waals surface area contributed by atoms with Crippen molar-refractivity contribution in [2.45, 2.75) is 26.4 Å². The second-order valence-electron chi connectivity index (χ2n) is 3.78. The molecule has 0 aliphatic rings. The van der Waals surface area contributed by atoms with Gasteiger partial charge in [-0.2, -0.15) is 5.10 Å². The number of nitrogens with two attached hydrogens (primary N) is 1. The van der Waals surface area contributed by atoms with E-state index < -0.39 is 0 Å². The highest BCUT2D eigenvalue weighted by molar-refractivity contribution is 5.31. The first-order valence-electron chi connectivity index (χ1n) is 5.41. The van der Waals surface area contributed by atoms with Crippen LogP contribution >= 0.6 is 0 Å². The Kier molecular flexibility index (Phi) is 3.01. The molecule has 1 atom stereocenters. The SMILES string of the molecule is CCn1nccc1C(N)c1ccncc1C. The Morgan fingerprint density at radius 1 is 1.38 bits per heavy atom. The Morgan fingerprint density at radius 3 is 2.88 bits per heavy atom. The molecule has 0 saturated heterocycles. The Hall–Kier alpha value is -1.68. The highest BCUT2D eigenvalue weighted by Gasteiger charge is 2.14. The van der Waals surface area contributed by atoms with Crippen molar-refractivity contribution in [1.29, 1.82) is 0 Å². The zero-order valence-corrected chi connectivity index (χ0v) is 9.59. The third kappa shape index (κ3) is 1.84. The average Bonchev–Trinajstić information content (AvgIpc) is 2.77. The van der Waals surface area contributed by atoms with E-state index in [4.69, 9.17) is 5.73 Å². The van der Waals surface area contributed by atoms with Gasteiger partial charge in [-0.25, -0.2) is 0 Å². The van der Waals surface area contributed by atoms with Crippen LogP contribution in [0, 0.1) is 6.92 Å². The monoisotopic (exact) mass is 216 g/mol. The largest absolute Gasteiger partial charge is 0.319 e. The molecular formula is C12H16N4. The van der Waals surface area contributed by atoms with Gasteiger partial charge >= 0.3 is 0 Å². The molecule has 16 heavy (non-hydrogen) atoms. The van der Waals surface area contributed by atoms with E-state index >= 15 is 0 Å². The normalized spacial score (nSPS) is 12.7. The zero-order chi connectivity index (χ0) is 11.5. The van der Waals surface area contributed by atoms with Crippen LogP contribution in [0.3, 0.4) is 0 Å². The molecule has 4 nitrogen and oxygen atoms in total. The van der Waals surface area contributed by atoms with E-state index in [0.717, 1.165) is 23.4 Å². The molecule has 0 spiro atoms. The zero-order valence-electron chi connectivity index (χ0n) is 9.59. The van der Waals surface area contributed by atoms with Crippen molar-refractivity contribution in [2.24, 2.45) is 5.73 Å². The molecule has 0 aromatic carbocycles. The van der Waals surface area contributed by atoms with Gasteiger partial charge in [0.1, 0.15) is 0 Å². The van der Waals surface area contributed by atoms with E-state index in [1.54, 1.807) is 12.4 Å². The minimum atomic E-state index is -0.134. The fourth-order valence-corrected chi connectivity index (χ4v) is 1.86. The summed E-state index contributed by atoms with van der Waals surface area (Å²) in [5.41, 5.74) is 9.50. The average molecular weight is 216 g/mol. The van der Waals surface area contributed by atoms with Gasteiger partial charge in [-0.3, -0.25) is 9.67 Å². The van der Waals surface area contributed by atoms with Crippen LogP contribution in [-0.4, -0.2) is 14.8 Å². The molecule has 1 unspecified atom stereocenters.